The average Bonchev–Trinajstić information content (AvgIpc) is 3.41. The molecule has 0 spiro atoms. The van der Waals surface area contributed by atoms with Crippen LogP contribution in [0, 0.1) is 26.2 Å². The Kier molecular flexibility index (Phi) is 6.71. The smallest absolute Gasteiger partial charge is 0.280 e. The molecule has 0 aliphatic carbocycles. The lowest BCUT2D eigenvalue weighted by atomic mass is 10.0. The molecule has 0 unspecified atom stereocenters. The Balaban J connectivity index is 1.59. The zero-order valence-corrected chi connectivity index (χ0v) is 20.0. The first-order valence-electron chi connectivity index (χ1n) is 10.2. The summed E-state index contributed by atoms with van der Waals surface area (Å²) in [5.74, 6) is -0.521. The molecule has 2 heterocycles. The van der Waals surface area contributed by atoms with E-state index < -0.39 is 5.91 Å². The van der Waals surface area contributed by atoms with Crippen molar-refractivity contribution in [1.29, 1.82) is 5.41 Å². The lowest BCUT2D eigenvalue weighted by Gasteiger charge is -2.09. The summed E-state index contributed by atoms with van der Waals surface area (Å²) < 4.78 is 0. The van der Waals surface area contributed by atoms with Crippen LogP contribution in [0.2, 0.25) is 0 Å². The fraction of sp³-hybridized carbons (Fsp3) is 0.125. The maximum Gasteiger partial charge on any atom is 0.280 e. The fourth-order valence-corrected chi connectivity index (χ4v) is 4.40. The highest BCUT2D eigenvalue weighted by Gasteiger charge is 2.21. The quantitative estimate of drug-likeness (QED) is 0.237. The number of hydrogen-bond donors (Lipinski definition) is 3. The maximum atomic E-state index is 13.2. The van der Waals surface area contributed by atoms with E-state index in [4.69, 9.17) is 5.41 Å². The Labute approximate surface area is 199 Å². The van der Waals surface area contributed by atoms with Gasteiger partial charge in [0.05, 0.1) is 17.1 Å². The Bertz CT molecular complexity index is 1300. The molecule has 7 nitrogen and oxygen atoms in total. The van der Waals surface area contributed by atoms with Crippen molar-refractivity contribution in [3.63, 3.8) is 0 Å². The van der Waals surface area contributed by atoms with Gasteiger partial charge >= 0.3 is 0 Å². The van der Waals surface area contributed by atoms with Gasteiger partial charge in [-0.1, -0.05) is 60.2 Å². The van der Waals surface area contributed by atoms with Crippen LogP contribution in [0.5, 0.6) is 0 Å². The van der Waals surface area contributed by atoms with Crippen molar-refractivity contribution in [2.75, 3.05) is 10.7 Å². The summed E-state index contributed by atoms with van der Waals surface area (Å²) in [6.07, 6.45) is 0. The van der Waals surface area contributed by atoms with E-state index in [0.29, 0.717) is 15.8 Å². The van der Waals surface area contributed by atoms with Crippen LogP contribution in [0.1, 0.15) is 21.7 Å². The minimum atomic E-state index is -0.521. The van der Waals surface area contributed by atoms with Crippen molar-refractivity contribution >= 4 is 50.3 Å². The van der Waals surface area contributed by atoms with Crippen molar-refractivity contribution < 1.29 is 4.79 Å². The minimum absolute atomic E-state index is 0.00448. The molecular weight excluding hydrogens is 452 g/mol. The molecule has 0 fully saturated rings. The summed E-state index contributed by atoms with van der Waals surface area (Å²) in [7, 11) is 0. The molecule has 0 aliphatic rings. The molecule has 33 heavy (non-hydrogen) atoms. The zero-order chi connectivity index (χ0) is 23.4. The third-order valence-electron chi connectivity index (χ3n) is 4.88. The van der Waals surface area contributed by atoms with Gasteiger partial charge in [0, 0.05) is 21.4 Å². The first-order chi connectivity index (χ1) is 15.9. The van der Waals surface area contributed by atoms with Gasteiger partial charge < -0.3 is 0 Å². The Morgan fingerprint density at radius 2 is 1.70 bits per heavy atom. The van der Waals surface area contributed by atoms with E-state index >= 15 is 0 Å². The molecule has 2 aromatic heterocycles. The number of carbonyl (C=O) groups is 1. The van der Waals surface area contributed by atoms with Gasteiger partial charge in [0.2, 0.25) is 5.13 Å². The number of nitrogens with one attached hydrogen (secondary N) is 3. The van der Waals surface area contributed by atoms with Crippen LogP contribution in [0.4, 0.5) is 10.3 Å². The molecule has 0 aliphatic heterocycles. The molecule has 4 aromatic rings. The molecule has 166 valence electrons. The van der Waals surface area contributed by atoms with Crippen LogP contribution in [-0.4, -0.2) is 27.3 Å². The molecule has 2 aromatic carbocycles. The fourth-order valence-electron chi connectivity index (χ4n) is 2.93. The SMILES string of the molecule is Cc1ccc(C(=N)/C(=N/Nc2nc(C)c(C)s2)C(=O)Nc2nc(-c3ccccc3)cs2)cc1. The molecule has 3 N–H and O–H groups in total. The van der Waals surface area contributed by atoms with Gasteiger partial charge in [-0.2, -0.15) is 5.10 Å². The largest absolute Gasteiger partial charge is 0.298 e. The second kappa shape index (κ2) is 9.85. The van der Waals surface area contributed by atoms with Gasteiger partial charge in [0.1, 0.15) is 0 Å². The van der Waals surface area contributed by atoms with Gasteiger partial charge in [-0.05, 0) is 20.8 Å². The summed E-state index contributed by atoms with van der Waals surface area (Å²) in [6.45, 7) is 5.85. The lowest BCUT2D eigenvalue weighted by Crippen LogP contribution is -2.31. The lowest BCUT2D eigenvalue weighted by molar-refractivity contribution is -0.110. The van der Waals surface area contributed by atoms with Crippen LogP contribution < -0.4 is 10.7 Å². The summed E-state index contributed by atoms with van der Waals surface area (Å²) in [4.78, 5) is 23.1. The van der Waals surface area contributed by atoms with E-state index in [9.17, 15) is 4.79 Å². The monoisotopic (exact) mass is 474 g/mol. The number of aryl methyl sites for hydroxylation is 3. The Morgan fingerprint density at radius 3 is 2.36 bits per heavy atom. The van der Waals surface area contributed by atoms with Crippen molar-refractivity contribution in [1.82, 2.24) is 9.97 Å². The molecule has 9 heteroatoms. The normalized spacial score (nSPS) is 11.3. The van der Waals surface area contributed by atoms with E-state index in [1.807, 2.05) is 68.6 Å². The zero-order valence-electron chi connectivity index (χ0n) is 18.3. The van der Waals surface area contributed by atoms with Gasteiger partial charge in [-0.15, -0.1) is 22.7 Å². The Morgan fingerprint density at radius 1 is 0.970 bits per heavy atom. The third kappa shape index (κ3) is 5.39. The molecule has 0 saturated carbocycles. The van der Waals surface area contributed by atoms with Gasteiger partial charge in [-0.25, -0.2) is 9.97 Å². The standard InChI is InChI=1S/C24H22N6OS2/c1-14-9-11-18(12-10-14)20(25)21(29-30-24-26-15(2)16(3)33-24)22(31)28-23-27-19(13-32-23)17-7-5-4-6-8-17/h4-13,25H,1-3H3,(H,26,30)(H,27,28,31)/b25-20?,29-21-. The molecule has 4 rings (SSSR count). The molecular formula is C24H22N6OS2. The number of carbonyl (C=O) groups excluding carboxylic acids is 1. The van der Waals surface area contributed by atoms with E-state index in [1.54, 1.807) is 12.1 Å². The summed E-state index contributed by atoms with van der Waals surface area (Å²) in [5.41, 5.74) is 7.08. The molecule has 1 amide bonds. The number of rotatable bonds is 7. The van der Waals surface area contributed by atoms with E-state index in [1.165, 1.54) is 22.7 Å². The van der Waals surface area contributed by atoms with E-state index in [0.717, 1.165) is 27.4 Å². The second-order valence-corrected chi connectivity index (χ2v) is 9.39. The van der Waals surface area contributed by atoms with Crippen LogP contribution in [0.3, 0.4) is 0 Å². The molecule has 0 saturated heterocycles. The first kappa shape index (κ1) is 22.5. The predicted octanol–water partition coefficient (Wildman–Crippen LogP) is 5.67. The topological polar surface area (TPSA) is 103 Å². The van der Waals surface area contributed by atoms with Gasteiger partial charge in [-0.3, -0.25) is 20.9 Å². The number of amides is 1. The minimum Gasteiger partial charge on any atom is -0.298 e. The van der Waals surface area contributed by atoms with Gasteiger partial charge in [0.25, 0.3) is 5.91 Å². The summed E-state index contributed by atoms with van der Waals surface area (Å²) in [5, 5.41) is 18.6. The number of benzene rings is 2. The second-order valence-electron chi connectivity index (χ2n) is 7.33. The van der Waals surface area contributed by atoms with Crippen LogP contribution in [-0.2, 0) is 4.79 Å². The van der Waals surface area contributed by atoms with Crippen LogP contribution in [0.25, 0.3) is 11.3 Å². The summed E-state index contributed by atoms with van der Waals surface area (Å²) in [6, 6.07) is 17.1. The Hall–Kier alpha value is -3.69. The van der Waals surface area contributed by atoms with Crippen molar-refractivity contribution in [3.8, 4) is 11.3 Å². The third-order valence-corrected chi connectivity index (χ3v) is 6.61. The summed E-state index contributed by atoms with van der Waals surface area (Å²) >= 11 is 2.76. The number of anilines is 2. The molecule has 0 atom stereocenters. The number of aromatic nitrogens is 2. The highest BCUT2D eigenvalue weighted by Crippen LogP contribution is 2.25. The molecule has 0 bridgehead atoms. The van der Waals surface area contributed by atoms with Crippen LogP contribution >= 0.6 is 22.7 Å². The van der Waals surface area contributed by atoms with Crippen molar-refractivity contribution in [3.05, 3.63) is 81.7 Å². The van der Waals surface area contributed by atoms with Crippen molar-refractivity contribution in [2.45, 2.75) is 20.8 Å². The average molecular weight is 475 g/mol. The number of hydrogen-bond acceptors (Lipinski definition) is 8. The highest BCUT2D eigenvalue weighted by atomic mass is 32.1. The maximum absolute atomic E-state index is 13.2. The highest BCUT2D eigenvalue weighted by molar-refractivity contribution is 7.15. The van der Waals surface area contributed by atoms with E-state index in [2.05, 4.69) is 25.8 Å². The van der Waals surface area contributed by atoms with E-state index in [-0.39, 0.29) is 11.4 Å². The van der Waals surface area contributed by atoms with Gasteiger partial charge in [0.15, 0.2) is 10.8 Å². The number of hydrazone groups is 1. The molecule has 0 radical (unpaired) electrons. The number of nitrogens with zero attached hydrogens (tertiary/aromatic N) is 3. The number of thiazole rings is 2. The van der Waals surface area contributed by atoms with Crippen molar-refractivity contribution in [2.24, 2.45) is 5.10 Å². The van der Waals surface area contributed by atoms with Crippen LogP contribution in [0.15, 0.2) is 65.1 Å². The first-order valence-corrected chi connectivity index (χ1v) is 11.9. The predicted molar refractivity (Wildman–Crippen MR) is 137 cm³/mol.